The van der Waals surface area contributed by atoms with Gasteiger partial charge < -0.3 is 15.0 Å². The molecule has 0 aliphatic carbocycles. The molecule has 0 aliphatic heterocycles. The molecule has 0 saturated carbocycles. The van der Waals surface area contributed by atoms with Gasteiger partial charge in [0.1, 0.15) is 11.8 Å². The summed E-state index contributed by atoms with van der Waals surface area (Å²) in [6.07, 6.45) is 1.22. The monoisotopic (exact) mass is 536 g/mol. The first-order chi connectivity index (χ1) is 16.9. The van der Waals surface area contributed by atoms with E-state index in [1.54, 1.807) is 4.90 Å². The highest BCUT2D eigenvalue weighted by Gasteiger charge is 2.31. The molecule has 0 spiro atoms. The Labute approximate surface area is 216 Å². The van der Waals surface area contributed by atoms with Crippen LogP contribution in [0.5, 0.6) is 5.75 Å². The average Bonchev–Trinajstić information content (AvgIpc) is 2.86. The van der Waals surface area contributed by atoms with Gasteiger partial charge in [0.15, 0.2) is 6.61 Å². The second-order valence-corrected chi connectivity index (χ2v) is 9.69. The fraction of sp³-hybridized carbons (Fsp3) is 0.310. The number of halogens is 1. The highest BCUT2D eigenvalue weighted by molar-refractivity contribution is 9.10. The van der Waals surface area contributed by atoms with Gasteiger partial charge in [-0.1, -0.05) is 83.0 Å². The molecule has 0 aromatic heterocycles. The third-order valence-electron chi connectivity index (χ3n) is 5.90. The third-order valence-corrected chi connectivity index (χ3v) is 6.39. The third kappa shape index (κ3) is 8.25. The van der Waals surface area contributed by atoms with Gasteiger partial charge in [-0.25, -0.2) is 0 Å². The van der Waals surface area contributed by atoms with Crippen LogP contribution in [0.3, 0.4) is 0 Å². The minimum absolute atomic E-state index is 0.00686. The number of hydrogen-bond donors (Lipinski definition) is 1. The second-order valence-electron chi connectivity index (χ2n) is 8.78. The predicted molar refractivity (Wildman–Crippen MR) is 143 cm³/mol. The molecule has 5 nitrogen and oxygen atoms in total. The lowest BCUT2D eigenvalue weighted by Gasteiger charge is -2.32. The van der Waals surface area contributed by atoms with E-state index >= 15 is 0 Å². The first-order valence-electron chi connectivity index (χ1n) is 11.9. The van der Waals surface area contributed by atoms with E-state index in [0.29, 0.717) is 18.7 Å². The minimum Gasteiger partial charge on any atom is -0.484 e. The molecule has 184 valence electrons. The summed E-state index contributed by atoms with van der Waals surface area (Å²) in [6.45, 7) is 6.13. The highest BCUT2D eigenvalue weighted by atomic mass is 79.9. The fourth-order valence-corrected chi connectivity index (χ4v) is 4.14. The van der Waals surface area contributed by atoms with Crippen molar-refractivity contribution in [3.05, 3.63) is 100 Å². The summed E-state index contributed by atoms with van der Waals surface area (Å²) >= 11 is 3.51. The Morgan fingerprint density at radius 2 is 1.66 bits per heavy atom. The Hall–Kier alpha value is -3.12. The van der Waals surface area contributed by atoms with Gasteiger partial charge >= 0.3 is 0 Å². The van der Waals surface area contributed by atoms with Crippen molar-refractivity contribution in [2.75, 3.05) is 6.61 Å². The van der Waals surface area contributed by atoms with Crippen LogP contribution in [0.25, 0.3) is 0 Å². The molecule has 0 bridgehead atoms. The molecule has 2 amide bonds. The molecule has 3 aromatic rings. The lowest BCUT2D eigenvalue weighted by Crippen LogP contribution is -2.53. The normalized spacial score (nSPS) is 12.5. The second kappa shape index (κ2) is 13.1. The lowest BCUT2D eigenvalue weighted by atomic mass is 10.0. The largest absolute Gasteiger partial charge is 0.484 e. The molecule has 0 saturated heterocycles. The Morgan fingerprint density at radius 3 is 2.31 bits per heavy atom. The summed E-state index contributed by atoms with van der Waals surface area (Å²) in [5, 5.41) is 3.08. The first kappa shape index (κ1) is 26.5. The number of carbonyl (C=O) groups excluding carboxylic acids is 2. The number of carbonyl (C=O) groups is 2. The van der Waals surface area contributed by atoms with Crippen molar-refractivity contribution in [1.82, 2.24) is 10.2 Å². The molecule has 0 unspecified atom stereocenters. The summed E-state index contributed by atoms with van der Waals surface area (Å²) < 4.78 is 6.73. The van der Waals surface area contributed by atoms with Crippen LogP contribution in [-0.4, -0.2) is 35.4 Å². The van der Waals surface area contributed by atoms with Crippen LogP contribution in [0.15, 0.2) is 83.3 Å². The average molecular weight is 537 g/mol. The predicted octanol–water partition coefficient (Wildman–Crippen LogP) is 5.69. The van der Waals surface area contributed by atoms with Crippen molar-refractivity contribution >= 4 is 27.7 Å². The number of ether oxygens (including phenoxy) is 1. The van der Waals surface area contributed by atoms with Crippen LogP contribution in [-0.2, 0) is 22.6 Å². The van der Waals surface area contributed by atoms with Crippen LogP contribution < -0.4 is 10.1 Å². The summed E-state index contributed by atoms with van der Waals surface area (Å²) in [5.74, 6) is 0.211. The number of aryl methyl sites for hydroxylation is 1. The van der Waals surface area contributed by atoms with Crippen molar-refractivity contribution in [3.8, 4) is 5.75 Å². The van der Waals surface area contributed by atoms with Crippen molar-refractivity contribution in [3.63, 3.8) is 0 Å². The Balaban J connectivity index is 1.90. The Bertz CT molecular complexity index is 1100. The number of amides is 2. The van der Waals surface area contributed by atoms with E-state index in [1.165, 1.54) is 0 Å². The van der Waals surface area contributed by atoms with Gasteiger partial charge in [-0.05, 0) is 55.7 Å². The van der Waals surface area contributed by atoms with Crippen LogP contribution in [0, 0.1) is 6.92 Å². The van der Waals surface area contributed by atoms with E-state index < -0.39 is 6.04 Å². The van der Waals surface area contributed by atoms with Gasteiger partial charge in [0, 0.05) is 23.5 Å². The first-order valence-corrected chi connectivity index (χ1v) is 12.7. The number of nitrogens with one attached hydrogen (secondary N) is 1. The SMILES string of the molecule is CC[C@H](C)NC(=O)[C@H](Cc1ccccc1)N(Cc1cccc(Br)c1)C(=O)COc1ccc(C)cc1. The maximum atomic E-state index is 13.6. The summed E-state index contributed by atoms with van der Waals surface area (Å²) in [7, 11) is 0. The molecule has 0 aliphatic rings. The summed E-state index contributed by atoms with van der Waals surface area (Å²) in [4.78, 5) is 28.7. The van der Waals surface area contributed by atoms with Crippen LogP contribution >= 0.6 is 15.9 Å². The smallest absolute Gasteiger partial charge is 0.261 e. The molecular weight excluding hydrogens is 504 g/mol. The molecule has 0 fully saturated rings. The van der Waals surface area contributed by atoms with Gasteiger partial charge in [-0.2, -0.15) is 0 Å². The molecule has 1 N–H and O–H groups in total. The minimum atomic E-state index is -0.681. The number of rotatable bonds is 11. The number of nitrogens with zero attached hydrogens (tertiary/aromatic N) is 1. The fourth-order valence-electron chi connectivity index (χ4n) is 3.69. The molecule has 0 radical (unpaired) electrons. The topological polar surface area (TPSA) is 58.6 Å². The van der Waals surface area contributed by atoms with Crippen LogP contribution in [0.2, 0.25) is 0 Å². The van der Waals surface area contributed by atoms with Gasteiger partial charge in [0.05, 0.1) is 0 Å². The van der Waals surface area contributed by atoms with Crippen molar-refractivity contribution in [2.24, 2.45) is 0 Å². The summed E-state index contributed by atoms with van der Waals surface area (Å²) in [5.41, 5.74) is 3.03. The number of benzene rings is 3. The molecule has 35 heavy (non-hydrogen) atoms. The van der Waals surface area contributed by atoms with E-state index in [-0.39, 0.29) is 24.5 Å². The van der Waals surface area contributed by atoms with Crippen LogP contribution in [0.1, 0.15) is 37.0 Å². The lowest BCUT2D eigenvalue weighted by molar-refractivity contribution is -0.143. The summed E-state index contributed by atoms with van der Waals surface area (Å²) in [6, 6.07) is 24.5. The van der Waals surface area contributed by atoms with Gasteiger partial charge in [-0.3, -0.25) is 9.59 Å². The maximum absolute atomic E-state index is 13.6. The zero-order valence-electron chi connectivity index (χ0n) is 20.5. The molecule has 6 heteroatoms. The number of hydrogen-bond acceptors (Lipinski definition) is 3. The van der Waals surface area contributed by atoms with Gasteiger partial charge in [0.2, 0.25) is 5.91 Å². The molecular formula is C29H33BrN2O3. The van der Waals surface area contributed by atoms with E-state index in [4.69, 9.17) is 4.74 Å². The molecule has 2 atom stereocenters. The van der Waals surface area contributed by atoms with E-state index in [1.807, 2.05) is 99.6 Å². The van der Waals surface area contributed by atoms with E-state index in [0.717, 1.165) is 27.6 Å². The van der Waals surface area contributed by atoms with Crippen molar-refractivity contribution in [1.29, 1.82) is 0 Å². The standard InChI is InChI=1S/C29H33BrN2O3/c1-4-22(3)31-29(34)27(18-23-9-6-5-7-10-23)32(19-24-11-8-12-25(30)17-24)28(33)20-35-26-15-13-21(2)14-16-26/h5-17,22,27H,4,18-20H2,1-3H3,(H,31,34)/t22-,27-/m0/s1. The van der Waals surface area contributed by atoms with E-state index in [2.05, 4.69) is 21.2 Å². The van der Waals surface area contributed by atoms with Gasteiger partial charge in [-0.15, -0.1) is 0 Å². The van der Waals surface area contributed by atoms with Crippen LogP contribution in [0.4, 0.5) is 0 Å². The zero-order chi connectivity index (χ0) is 25.2. The molecule has 3 aromatic carbocycles. The van der Waals surface area contributed by atoms with Gasteiger partial charge in [0.25, 0.3) is 5.91 Å². The zero-order valence-corrected chi connectivity index (χ0v) is 22.1. The maximum Gasteiger partial charge on any atom is 0.261 e. The molecule has 0 heterocycles. The highest BCUT2D eigenvalue weighted by Crippen LogP contribution is 2.19. The van der Waals surface area contributed by atoms with E-state index in [9.17, 15) is 9.59 Å². The quantitative estimate of drug-likeness (QED) is 0.342. The Morgan fingerprint density at radius 1 is 0.971 bits per heavy atom. The molecule has 3 rings (SSSR count). The van der Waals surface area contributed by atoms with Crippen molar-refractivity contribution < 1.29 is 14.3 Å². The van der Waals surface area contributed by atoms with Crippen molar-refractivity contribution in [2.45, 2.75) is 52.2 Å². The Kier molecular flexibility index (Phi) is 9.91.